The van der Waals surface area contributed by atoms with Crippen LogP contribution >= 0.6 is 11.6 Å². The summed E-state index contributed by atoms with van der Waals surface area (Å²) in [6, 6.07) is 10.8. The van der Waals surface area contributed by atoms with Crippen LogP contribution in [0, 0.1) is 0 Å². The Labute approximate surface area is 114 Å². The van der Waals surface area contributed by atoms with Gasteiger partial charge in [-0.05, 0) is 41.9 Å². The van der Waals surface area contributed by atoms with Gasteiger partial charge in [-0.1, -0.05) is 6.07 Å². The molecule has 3 rings (SSSR count). The Morgan fingerprint density at radius 2 is 2.16 bits per heavy atom. The van der Waals surface area contributed by atoms with Crippen molar-refractivity contribution >= 4 is 34.1 Å². The lowest BCUT2D eigenvalue weighted by atomic mass is 10.2. The van der Waals surface area contributed by atoms with Gasteiger partial charge in [0.1, 0.15) is 0 Å². The minimum Gasteiger partial charge on any atom is -0.452 e. The number of nitrogens with zero attached hydrogens (tertiary/aromatic N) is 1. The van der Waals surface area contributed by atoms with Crippen molar-refractivity contribution in [3.05, 3.63) is 59.6 Å². The summed E-state index contributed by atoms with van der Waals surface area (Å²) in [7, 11) is 0. The van der Waals surface area contributed by atoms with Crippen molar-refractivity contribution in [2.45, 2.75) is 0 Å². The van der Waals surface area contributed by atoms with E-state index in [1.54, 1.807) is 12.3 Å². The number of rotatable bonds is 2. The van der Waals surface area contributed by atoms with Crippen LogP contribution in [0.4, 0.5) is 5.69 Å². The number of amides is 1. The molecule has 0 aliphatic carbocycles. The minimum atomic E-state index is -0.304. The van der Waals surface area contributed by atoms with Gasteiger partial charge in [-0.15, -0.1) is 0 Å². The van der Waals surface area contributed by atoms with Gasteiger partial charge in [0.15, 0.2) is 0 Å². The summed E-state index contributed by atoms with van der Waals surface area (Å²) in [5.74, 6) is -0.304. The predicted octanol–water partition coefficient (Wildman–Crippen LogP) is 3.73. The van der Waals surface area contributed by atoms with Crippen LogP contribution in [0.15, 0.2) is 53.3 Å². The first kappa shape index (κ1) is 11.7. The molecule has 2 aromatic heterocycles. The number of hydrogen-bond donors (Lipinski definition) is 1. The molecule has 2 heterocycles. The van der Waals surface area contributed by atoms with Gasteiger partial charge in [0.25, 0.3) is 5.91 Å². The van der Waals surface area contributed by atoms with Gasteiger partial charge in [-0.2, -0.15) is 0 Å². The fourth-order valence-corrected chi connectivity index (χ4v) is 2.01. The molecule has 1 aromatic carbocycles. The van der Waals surface area contributed by atoms with Crippen LogP contribution in [0.1, 0.15) is 10.4 Å². The molecule has 0 saturated heterocycles. The lowest BCUT2D eigenvalue weighted by Crippen LogP contribution is -2.11. The summed E-state index contributed by atoms with van der Waals surface area (Å²) >= 11 is 5.76. The highest BCUT2D eigenvalue weighted by Gasteiger charge is 2.13. The number of benzene rings is 1. The molecule has 94 valence electrons. The second-order valence-corrected chi connectivity index (χ2v) is 4.32. The van der Waals surface area contributed by atoms with E-state index >= 15 is 0 Å². The van der Waals surface area contributed by atoms with E-state index in [0.717, 1.165) is 10.9 Å². The lowest BCUT2D eigenvalue weighted by molar-refractivity contribution is 0.102. The third kappa shape index (κ3) is 2.30. The first-order valence-electron chi connectivity index (χ1n) is 5.63. The number of nitrogens with one attached hydrogen (secondary N) is 1. The molecule has 0 radical (unpaired) electrons. The quantitative estimate of drug-likeness (QED) is 0.773. The van der Waals surface area contributed by atoms with E-state index in [-0.39, 0.29) is 11.1 Å². The summed E-state index contributed by atoms with van der Waals surface area (Å²) in [6.45, 7) is 0. The molecule has 0 saturated carbocycles. The van der Waals surface area contributed by atoms with Crippen LogP contribution in [-0.2, 0) is 0 Å². The summed E-state index contributed by atoms with van der Waals surface area (Å²) < 4.78 is 4.89. The lowest BCUT2D eigenvalue weighted by Gasteiger charge is -2.05. The maximum absolute atomic E-state index is 12.0. The number of carbonyl (C=O) groups excluding carboxylic acids is 1. The van der Waals surface area contributed by atoms with E-state index in [0.29, 0.717) is 11.3 Å². The van der Waals surface area contributed by atoms with Gasteiger partial charge in [0, 0.05) is 17.3 Å². The van der Waals surface area contributed by atoms with E-state index in [2.05, 4.69) is 10.3 Å². The molecule has 0 aliphatic heterocycles. The van der Waals surface area contributed by atoms with E-state index in [4.69, 9.17) is 16.0 Å². The Morgan fingerprint density at radius 3 is 2.95 bits per heavy atom. The molecule has 0 aliphatic rings. The maximum atomic E-state index is 12.0. The van der Waals surface area contributed by atoms with Gasteiger partial charge >= 0.3 is 0 Å². The molecule has 0 fully saturated rings. The Hall–Kier alpha value is -2.33. The summed E-state index contributed by atoms with van der Waals surface area (Å²) in [5.41, 5.74) is 1.87. The number of carbonyl (C=O) groups is 1. The van der Waals surface area contributed by atoms with E-state index in [9.17, 15) is 4.79 Å². The zero-order valence-electron chi connectivity index (χ0n) is 9.76. The van der Waals surface area contributed by atoms with Gasteiger partial charge in [-0.3, -0.25) is 9.78 Å². The topological polar surface area (TPSA) is 55.1 Å². The average Bonchev–Trinajstić information content (AvgIpc) is 2.85. The van der Waals surface area contributed by atoms with Crippen molar-refractivity contribution in [3.8, 4) is 0 Å². The SMILES string of the molecule is O=C(Nc1ccc2ncccc2c1)c1ccoc1Cl. The van der Waals surface area contributed by atoms with Crippen LogP contribution in [0.5, 0.6) is 0 Å². The molecule has 5 heteroatoms. The van der Waals surface area contributed by atoms with Crippen LogP contribution in [0.3, 0.4) is 0 Å². The van der Waals surface area contributed by atoms with Crippen LogP contribution in [-0.4, -0.2) is 10.9 Å². The highest BCUT2D eigenvalue weighted by molar-refractivity contribution is 6.32. The number of pyridine rings is 1. The normalized spacial score (nSPS) is 10.6. The molecule has 19 heavy (non-hydrogen) atoms. The first-order valence-corrected chi connectivity index (χ1v) is 6.01. The molecular weight excluding hydrogens is 264 g/mol. The second-order valence-electron chi connectivity index (χ2n) is 3.97. The molecule has 4 nitrogen and oxygen atoms in total. The molecule has 1 amide bonds. The van der Waals surface area contributed by atoms with Crippen molar-refractivity contribution in [1.29, 1.82) is 0 Å². The smallest absolute Gasteiger partial charge is 0.260 e. The van der Waals surface area contributed by atoms with E-state index in [1.165, 1.54) is 12.3 Å². The molecule has 0 spiro atoms. The van der Waals surface area contributed by atoms with Crippen molar-refractivity contribution in [2.75, 3.05) is 5.32 Å². The summed E-state index contributed by atoms with van der Waals surface area (Å²) in [5, 5.41) is 3.81. The third-order valence-corrected chi connectivity index (χ3v) is 3.02. The van der Waals surface area contributed by atoms with Crippen molar-refractivity contribution in [2.24, 2.45) is 0 Å². The Morgan fingerprint density at radius 1 is 1.26 bits per heavy atom. The average molecular weight is 273 g/mol. The highest BCUT2D eigenvalue weighted by atomic mass is 35.5. The van der Waals surface area contributed by atoms with Crippen molar-refractivity contribution in [3.63, 3.8) is 0 Å². The molecular formula is C14H9ClN2O2. The number of aromatic nitrogens is 1. The third-order valence-electron chi connectivity index (χ3n) is 2.72. The minimum absolute atomic E-state index is 0.0833. The standard InChI is InChI=1S/C14H9ClN2O2/c15-13-11(5-7-19-13)14(18)17-10-3-4-12-9(8-10)2-1-6-16-12/h1-8H,(H,17,18). The molecule has 0 bridgehead atoms. The number of fused-ring (bicyclic) bond motifs is 1. The number of furan rings is 1. The predicted molar refractivity (Wildman–Crippen MR) is 73.4 cm³/mol. The molecule has 1 N–H and O–H groups in total. The van der Waals surface area contributed by atoms with Gasteiger partial charge < -0.3 is 9.73 Å². The number of anilines is 1. The van der Waals surface area contributed by atoms with E-state index < -0.39 is 0 Å². The number of hydrogen-bond acceptors (Lipinski definition) is 3. The Balaban J connectivity index is 1.89. The number of halogens is 1. The first-order chi connectivity index (χ1) is 9.24. The Bertz CT molecular complexity index is 752. The Kier molecular flexibility index (Phi) is 2.93. The summed E-state index contributed by atoms with van der Waals surface area (Å²) in [6.07, 6.45) is 3.10. The highest BCUT2D eigenvalue weighted by Crippen LogP contribution is 2.20. The van der Waals surface area contributed by atoms with Gasteiger partial charge in [0.05, 0.1) is 17.3 Å². The van der Waals surface area contributed by atoms with Crippen LogP contribution in [0.2, 0.25) is 5.22 Å². The van der Waals surface area contributed by atoms with Crippen LogP contribution in [0.25, 0.3) is 10.9 Å². The largest absolute Gasteiger partial charge is 0.452 e. The second kappa shape index (κ2) is 4.74. The fourth-order valence-electron chi connectivity index (χ4n) is 1.81. The van der Waals surface area contributed by atoms with Gasteiger partial charge in [-0.25, -0.2) is 0 Å². The maximum Gasteiger partial charge on any atom is 0.260 e. The molecule has 0 atom stereocenters. The van der Waals surface area contributed by atoms with E-state index in [1.807, 2.05) is 24.3 Å². The van der Waals surface area contributed by atoms with Gasteiger partial charge in [0.2, 0.25) is 5.22 Å². The zero-order chi connectivity index (χ0) is 13.2. The van der Waals surface area contributed by atoms with Crippen molar-refractivity contribution in [1.82, 2.24) is 4.98 Å². The van der Waals surface area contributed by atoms with Crippen molar-refractivity contribution < 1.29 is 9.21 Å². The fraction of sp³-hybridized carbons (Fsp3) is 0. The summed E-state index contributed by atoms with van der Waals surface area (Å²) in [4.78, 5) is 16.2. The monoisotopic (exact) mass is 272 g/mol. The zero-order valence-corrected chi connectivity index (χ0v) is 10.5. The van der Waals surface area contributed by atoms with Crippen LogP contribution < -0.4 is 5.32 Å². The molecule has 3 aromatic rings. The molecule has 0 unspecified atom stereocenters.